The zero-order chi connectivity index (χ0) is 5.82. The van der Waals surface area contributed by atoms with Crippen LogP contribution < -0.4 is 0 Å². The molecule has 1 fully saturated rings. The maximum Gasteiger partial charge on any atom is 0.0517 e. The molecule has 0 spiro atoms. The van der Waals surface area contributed by atoms with Crippen molar-refractivity contribution >= 4 is 0 Å². The minimum absolute atomic E-state index is 0.667. The van der Waals surface area contributed by atoms with Crippen molar-refractivity contribution in [2.45, 2.75) is 6.42 Å². The Morgan fingerprint density at radius 3 is 3.12 bits per heavy atom. The van der Waals surface area contributed by atoms with Crippen LogP contribution in [-0.2, 0) is 9.47 Å². The van der Waals surface area contributed by atoms with Crippen LogP contribution in [0, 0.1) is 5.92 Å². The number of hydrogen-bond acceptors (Lipinski definition) is 2. The first-order chi connectivity index (χ1) is 3.93. The summed E-state index contributed by atoms with van der Waals surface area (Å²) in [4.78, 5) is 0. The first-order valence-electron chi connectivity index (χ1n) is 3.00. The number of hydrogen-bond donors (Lipinski definition) is 0. The maximum atomic E-state index is 5.13. The summed E-state index contributed by atoms with van der Waals surface area (Å²) in [7, 11) is 1.73. The summed E-state index contributed by atoms with van der Waals surface area (Å²) in [6, 6.07) is 0. The quantitative estimate of drug-likeness (QED) is 0.528. The van der Waals surface area contributed by atoms with Crippen LogP contribution in [0.1, 0.15) is 6.42 Å². The summed E-state index contributed by atoms with van der Waals surface area (Å²) >= 11 is 0. The summed E-state index contributed by atoms with van der Waals surface area (Å²) in [6.45, 7) is 2.68. The van der Waals surface area contributed by atoms with Gasteiger partial charge in [0.2, 0.25) is 0 Å². The predicted octanol–water partition coefficient (Wildman–Crippen LogP) is 0.669. The van der Waals surface area contributed by atoms with Gasteiger partial charge in [-0.15, -0.1) is 0 Å². The van der Waals surface area contributed by atoms with E-state index in [0.717, 1.165) is 19.8 Å². The molecular weight excluding hydrogens is 104 g/mol. The summed E-state index contributed by atoms with van der Waals surface area (Å²) in [5.74, 6) is 0.667. The molecule has 2 nitrogen and oxygen atoms in total. The van der Waals surface area contributed by atoms with Crippen molar-refractivity contribution < 1.29 is 9.47 Å². The van der Waals surface area contributed by atoms with Crippen LogP contribution in [0.3, 0.4) is 0 Å². The summed E-state index contributed by atoms with van der Waals surface area (Å²) < 4.78 is 10.1. The molecule has 1 atom stereocenters. The zero-order valence-corrected chi connectivity index (χ0v) is 5.22. The molecule has 0 aliphatic carbocycles. The molecule has 1 rings (SSSR count). The number of rotatable bonds is 2. The molecule has 0 amide bonds. The summed E-state index contributed by atoms with van der Waals surface area (Å²) in [5.41, 5.74) is 0. The van der Waals surface area contributed by atoms with Gasteiger partial charge in [-0.25, -0.2) is 0 Å². The van der Waals surface area contributed by atoms with Crippen LogP contribution in [-0.4, -0.2) is 26.9 Å². The van der Waals surface area contributed by atoms with Gasteiger partial charge in [0, 0.05) is 19.6 Å². The zero-order valence-electron chi connectivity index (χ0n) is 5.22. The van der Waals surface area contributed by atoms with Gasteiger partial charge in [0.25, 0.3) is 0 Å². The molecule has 1 saturated heterocycles. The highest BCUT2D eigenvalue weighted by Gasteiger charge is 2.14. The second-order valence-corrected chi connectivity index (χ2v) is 2.18. The number of ether oxygens (including phenoxy) is 2. The van der Waals surface area contributed by atoms with E-state index in [0.29, 0.717) is 5.92 Å². The first-order valence-corrected chi connectivity index (χ1v) is 3.00. The predicted molar refractivity (Wildman–Crippen MR) is 30.8 cm³/mol. The fourth-order valence-corrected chi connectivity index (χ4v) is 0.950. The summed E-state index contributed by atoms with van der Waals surface area (Å²) in [6.07, 6.45) is 1.17. The fraction of sp³-hybridized carbons (Fsp3) is 1.00. The molecule has 48 valence electrons. The molecule has 8 heavy (non-hydrogen) atoms. The maximum absolute atomic E-state index is 5.13. The molecule has 1 unspecified atom stereocenters. The van der Waals surface area contributed by atoms with E-state index < -0.39 is 0 Å². The SMILES string of the molecule is COCC1CCOC1. The monoisotopic (exact) mass is 116 g/mol. The van der Waals surface area contributed by atoms with Crippen molar-refractivity contribution in [1.29, 1.82) is 0 Å². The van der Waals surface area contributed by atoms with Gasteiger partial charge in [-0.3, -0.25) is 0 Å². The Balaban J connectivity index is 2.06. The molecule has 0 saturated carbocycles. The smallest absolute Gasteiger partial charge is 0.0517 e. The lowest BCUT2D eigenvalue weighted by molar-refractivity contribution is 0.129. The normalized spacial score (nSPS) is 28.9. The van der Waals surface area contributed by atoms with Crippen molar-refractivity contribution in [1.82, 2.24) is 0 Å². The van der Waals surface area contributed by atoms with Gasteiger partial charge in [-0.05, 0) is 6.42 Å². The Labute approximate surface area is 49.8 Å². The van der Waals surface area contributed by atoms with Crippen molar-refractivity contribution in [3.8, 4) is 0 Å². The van der Waals surface area contributed by atoms with Gasteiger partial charge < -0.3 is 9.47 Å². The molecule has 0 bridgehead atoms. The Hall–Kier alpha value is -0.0800. The van der Waals surface area contributed by atoms with E-state index in [1.165, 1.54) is 6.42 Å². The third-order valence-corrected chi connectivity index (χ3v) is 1.43. The van der Waals surface area contributed by atoms with Gasteiger partial charge in [-0.2, -0.15) is 0 Å². The molecular formula is C6H12O2. The highest BCUT2D eigenvalue weighted by atomic mass is 16.5. The van der Waals surface area contributed by atoms with Crippen molar-refractivity contribution in [2.75, 3.05) is 26.9 Å². The van der Waals surface area contributed by atoms with Gasteiger partial charge in [0.15, 0.2) is 0 Å². The van der Waals surface area contributed by atoms with Gasteiger partial charge in [0.1, 0.15) is 0 Å². The second kappa shape index (κ2) is 3.05. The van der Waals surface area contributed by atoms with Crippen LogP contribution in [0.2, 0.25) is 0 Å². The molecule has 1 aliphatic heterocycles. The highest BCUT2D eigenvalue weighted by Crippen LogP contribution is 2.11. The second-order valence-electron chi connectivity index (χ2n) is 2.18. The average molecular weight is 116 g/mol. The molecule has 0 N–H and O–H groups in total. The Kier molecular flexibility index (Phi) is 2.30. The molecule has 0 aromatic rings. The van der Waals surface area contributed by atoms with Crippen LogP contribution in [0.25, 0.3) is 0 Å². The van der Waals surface area contributed by atoms with E-state index in [4.69, 9.17) is 9.47 Å². The standard InChI is InChI=1S/C6H12O2/c1-7-4-6-2-3-8-5-6/h6H,2-5H2,1H3. The average Bonchev–Trinajstić information content (AvgIpc) is 2.19. The highest BCUT2D eigenvalue weighted by molar-refractivity contribution is 4.61. The van der Waals surface area contributed by atoms with Crippen LogP contribution in [0.15, 0.2) is 0 Å². The van der Waals surface area contributed by atoms with Crippen molar-refractivity contribution in [3.05, 3.63) is 0 Å². The molecule has 0 aromatic heterocycles. The van der Waals surface area contributed by atoms with E-state index in [1.54, 1.807) is 7.11 Å². The van der Waals surface area contributed by atoms with E-state index in [1.807, 2.05) is 0 Å². The Morgan fingerprint density at radius 2 is 2.62 bits per heavy atom. The van der Waals surface area contributed by atoms with E-state index in [-0.39, 0.29) is 0 Å². The Bertz CT molecular complexity index is 57.5. The Morgan fingerprint density at radius 1 is 1.75 bits per heavy atom. The molecule has 1 aliphatic rings. The molecule has 0 aromatic carbocycles. The molecule has 0 radical (unpaired) electrons. The van der Waals surface area contributed by atoms with E-state index >= 15 is 0 Å². The lowest BCUT2D eigenvalue weighted by Gasteiger charge is -2.02. The molecule has 2 heteroatoms. The first kappa shape index (κ1) is 6.05. The third-order valence-electron chi connectivity index (χ3n) is 1.43. The fourth-order valence-electron chi connectivity index (χ4n) is 0.950. The minimum Gasteiger partial charge on any atom is -0.384 e. The van der Waals surface area contributed by atoms with Crippen molar-refractivity contribution in [2.24, 2.45) is 5.92 Å². The van der Waals surface area contributed by atoms with Crippen LogP contribution in [0.4, 0.5) is 0 Å². The van der Waals surface area contributed by atoms with Crippen LogP contribution >= 0.6 is 0 Å². The third kappa shape index (κ3) is 1.46. The largest absolute Gasteiger partial charge is 0.384 e. The van der Waals surface area contributed by atoms with Crippen LogP contribution in [0.5, 0.6) is 0 Å². The van der Waals surface area contributed by atoms with Gasteiger partial charge >= 0.3 is 0 Å². The van der Waals surface area contributed by atoms with Crippen molar-refractivity contribution in [3.63, 3.8) is 0 Å². The summed E-state index contributed by atoms with van der Waals surface area (Å²) in [5, 5.41) is 0. The number of methoxy groups -OCH3 is 1. The van der Waals surface area contributed by atoms with E-state index in [2.05, 4.69) is 0 Å². The topological polar surface area (TPSA) is 18.5 Å². The minimum atomic E-state index is 0.667. The molecule has 1 heterocycles. The van der Waals surface area contributed by atoms with E-state index in [9.17, 15) is 0 Å². The lowest BCUT2D eigenvalue weighted by atomic mass is 10.1. The lowest BCUT2D eigenvalue weighted by Crippen LogP contribution is -2.06. The van der Waals surface area contributed by atoms with Gasteiger partial charge in [-0.1, -0.05) is 0 Å². The van der Waals surface area contributed by atoms with Gasteiger partial charge in [0.05, 0.1) is 13.2 Å².